The zero-order valence-corrected chi connectivity index (χ0v) is 11.3. The van der Waals surface area contributed by atoms with Crippen LogP contribution in [0.5, 0.6) is 0 Å². The van der Waals surface area contributed by atoms with Crippen molar-refractivity contribution in [2.45, 2.75) is 6.18 Å². The molecule has 0 saturated heterocycles. The van der Waals surface area contributed by atoms with Crippen molar-refractivity contribution in [1.29, 1.82) is 0 Å². The summed E-state index contributed by atoms with van der Waals surface area (Å²) in [6, 6.07) is 4.86. The van der Waals surface area contributed by atoms with Crippen molar-refractivity contribution in [3.8, 4) is 0 Å². The zero-order chi connectivity index (χ0) is 13.1. The summed E-state index contributed by atoms with van der Waals surface area (Å²) in [5.41, 5.74) is 0.312. The molecular weight excluding hydrogens is 371 g/mol. The van der Waals surface area contributed by atoms with Gasteiger partial charge in [-0.15, -0.1) is 0 Å². The number of nitrogens with one attached hydrogen (secondary N) is 1. The van der Waals surface area contributed by atoms with Crippen LogP contribution in [0.3, 0.4) is 0 Å². The molecule has 0 saturated carbocycles. The fraction of sp³-hybridized carbons (Fsp3) is 0.222. The number of halogens is 5. The molecule has 0 aliphatic heterocycles. The van der Waals surface area contributed by atoms with E-state index in [4.69, 9.17) is 0 Å². The molecule has 17 heavy (non-hydrogen) atoms. The molecule has 1 amide bonds. The van der Waals surface area contributed by atoms with Crippen LogP contribution < -0.4 is 5.32 Å². The first-order valence-electron chi connectivity index (χ1n) is 4.23. The van der Waals surface area contributed by atoms with E-state index in [1.165, 1.54) is 6.07 Å². The summed E-state index contributed by atoms with van der Waals surface area (Å²) in [5, 5.41) is 2.19. The average Bonchev–Trinajstić information content (AvgIpc) is 2.20. The molecule has 0 unspecified atom stereocenters. The number of anilines is 1. The third-order valence-corrected chi connectivity index (χ3v) is 2.72. The minimum Gasteiger partial charge on any atom is -0.440 e. The van der Waals surface area contributed by atoms with E-state index in [1.54, 1.807) is 12.1 Å². The first-order valence-corrected chi connectivity index (χ1v) is 5.82. The molecule has 0 radical (unpaired) electrons. The van der Waals surface area contributed by atoms with E-state index in [2.05, 4.69) is 41.9 Å². The molecule has 0 heterocycles. The standard InChI is InChI=1S/C9H6Br2F3NO2/c10-5-1-2-6(11)7(3-5)15-8(16)17-4-9(12,13)14/h1-3H,4H2,(H,15,16). The van der Waals surface area contributed by atoms with Crippen LogP contribution in [-0.2, 0) is 4.74 Å². The molecule has 1 aromatic carbocycles. The molecule has 0 aromatic heterocycles. The Bertz CT molecular complexity index is 423. The van der Waals surface area contributed by atoms with Gasteiger partial charge in [-0.3, -0.25) is 5.32 Å². The lowest BCUT2D eigenvalue weighted by atomic mass is 10.3. The van der Waals surface area contributed by atoms with Crippen molar-refractivity contribution in [2.24, 2.45) is 0 Å². The lowest BCUT2D eigenvalue weighted by Gasteiger charge is -2.10. The number of rotatable bonds is 2. The van der Waals surface area contributed by atoms with Crippen LogP contribution in [-0.4, -0.2) is 18.9 Å². The lowest BCUT2D eigenvalue weighted by molar-refractivity contribution is -0.159. The maximum Gasteiger partial charge on any atom is 0.422 e. The highest BCUT2D eigenvalue weighted by molar-refractivity contribution is 9.11. The average molecular weight is 377 g/mol. The largest absolute Gasteiger partial charge is 0.440 e. The molecule has 1 N–H and O–H groups in total. The molecule has 0 fully saturated rings. The van der Waals surface area contributed by atoms with Crippen LogP contribution >= 0.6 is 31.9 Å². The van der Waals surface area contributed by atoms with Gasteiger partial charge < -0.3 is 4.74 Å². The Morgan fingerprint density at radius 1 is 1.35 bits per heavy atom. The highest BCUT2D eigenvalue weighted by Gasteiger charge is 2.29. The quantitative estimate of drug-likeness (QED) is 0.834. The fourth-order valence-electron chi connectivity index (χ4n) is 0.887. The van der Waals surface area contributed by atoms with Crippen LogP contribution in [0.1, 0.15) is 0 Å². The number of amides is 1. The van der Waals surface area contributed by atoms with Gasteiger partial charge in [-0.25, -0.2) is 4.79 Å². The molecule has 0 aliphatic rings. The first kappa shape index (κ1) is 14.3. The number of ether oxygens (including phenoxy) is 1. The van der Waals surface area contributed by atoms with E-state index in [9.17, 15) is 18.0 Å². The summed E-state index contributed by atoms with van der Waals surface area (Å²) in [6.07, 6.45) is -5.70. The van der Waals surface area contributed by atoms with Crippen LogP contribution in [0.2, 0.25) is 0 Å². The Kier molecular flexibility index (Phi) is 4.81. The lowest BCUT2D eigenvalue weighted by Crippen LogP contribution is -2.23. The molecule has 8 heteroatoms. The molecule has 0 bridgehead atoms. The number of benzene rings is 1. The van der Waals surface area contributed by atoms with Gasteiger partial charge in [-0.2, -0.15) is 13.2 Å². The van der Waals surface area contributed by atoms with E-state index in [0.717, 1.165) is 0 Å². The van der Waals surface area contributed by atoms with Gasteiger partial charge in [-0.1, -0.05) is 15.9 Å². The smallest absolute Gasteiger partial charge is 0.422 e. The number of carbonyl (C=O) groups excluding carboxylic acids is 1. The molecule has 0 spiro atoms. The summed E-state index contributed by atoms with van der Waals surface area (Å²) in [7, 11) is 0. The second-order valence-corrected chi connectivity index (χ2v) is 4.71. The van der Waals surface area contributed by atoms with E-state index < -0.39 is 18.9 Å². The summed E-state index contributed by atoms with van der Waals surface area (Å²) in [4.78, 5) is 11.1. The second-order valence-electron chi connectivity index (χ2n) is 2.94. The Labute approximate surface area is 112 Å². The molecule has 0 atom stereocenters. The van der Waals surface area contributed by atoms with Crippen molar-refractivity contribution in [3.05, 3.63) is 27.1 Å². The maximum absolute atomic E-state index is 11.8. The third kappa shape index (κ3) is 5.40. The fourth-order valence-corrected chi connectivity index (χ4v) is 1.59. The summed E-state index contributed by atoms with van der Waals surface area (Å²) in [5.74, 6) is 0. The predicted octanol–water partition coefficient (Wildman–Crippen LogP) is 4.32. The number of carbonyl (C=O) groups is 1. The second kappa shape index (κ2) is 5.72. The minimum atomic E-state index is -4.54. The van der Waals surface area contributed by atoms with Crippen LogP contribution in [0, 0.1) is 0 Å². The molecule has 1 aromatic rings. The number of alkyl halides is 3. The van der Waals surface area contributed by atoms with Crippen molar-refractivity contribution in [2.75, 3.05) is 11.9 Å². The van der Waals surface area contributed by atoms with Crippen molar-refractivity contribution in [3.63, 3.8) is 0 Å². The SMILES string of the molecule is O=C(Nc1cc(Br)ccc1Br)OCC(F)(F)F. The topological polar surface area (TPSA) is 38.3 Å². The Morgan fingerprint density at radius 3 is 2.59 bits per heavy atom. The van der Waals surface area contributed by atoms with Gasteiger partial charge in [0.05, 0.1) is 5.69 Å². The van der Waals surface area contributed by atoms with Crippen molar-refractivity contribution < 1.29 is 22.7 Å². The van der Waals surface area contributed by atoms with E-state index >= 15 is 0 Å². The molecule has 0 aliphatic carbocycles. The van der Waals surface area contributed by atoms with Gasteiger partial charge in [0.15, 0.2) is 6.61 Å². The summed E-state index contributed by atoms with van der Waals surface area (Å²) < 4.78 is 40.5. The van der Waals surface area contributed by atoms with Gasteiger partial charge in [0.25, 0.3) is 0 Å². The zero-order valence-electron chi connectivity index (χ0n) is 8.15. The third-order valence-electron chi connectivity index (χ3n) is 1.53. The Morgan fingerprint density at radius 2 is 2.00 bits per heavy atom. The van der Waals surface area contributed by atoms with Crippen molar-refractivity contribution >= 4 is 43.6 Å². The van der Waals surface area contributed by atoms with E-state index in [1.807, 2.05) is 0 Å². The number of hydrogen-bond acceptors (Lipinski definition) is 2. The molecule has 94 valence electrons. The monoisotopic (exact) mass is 375 g/mol. The first-order chi connectivity index (χ1) is 7.78. The highest BCUT2D eigenvalue weighted by Crippen LogP contribution is 2.26. The highest BCUT2D eigenvalue weighted by atomic mass is 79.9. The molecule has 3 nitrogen and oxygen atoms in total. The predicted molar refractivity (Wildman–Crippen MR) is 62.9 cm³/mol. The number of hydrogen-bond donors (Lipinski definition) is 1. The molecular formula is C9H6Br2F3NO2. The molecule has 1 rings (SSSR count). The summed E-state index contributed by atoms with van der Waals surface area (Å²) >= 11 is 6.30. The van der Waals surface area contributed by atoms with Gasteiger partial charge in [-0.05, 0) is 34.1 Å². The van der Waals surface area contributed by atoms with E-state index in [0.29, 0.717) is 14.6 Å². The Balaban J connectivity index is 2.59. The van der Waals surface area contributed by atoms with Gasteiger partial charge >= 0.3 is 12.3 Å². The van der Waals surface area contributed by atoms with Crippen LogP contribution in [0.4, 0.5) is 23.7 Å². The van der Waals surface area contributed by atoms with E-state index in [-0.39, 0.29) is 0 Å². The summed E-state index contributed by atoms with van der Waals surface area (Å²) in [6.45, 7) is -1.62. The van der Waals surface area contributed by atoms with Gasteiger partial charge in [0, 0.05) is 8.95 Å². The van der Waals surface area contributed by atoms with Crippen LogP contribution in [0.15, 0.2) is 27.1 Å². The van der Waals surface area contributed by atoms with Crippen LogP contribution in [0.25, 0.3) is 0 Å². The van der Waals surface area contributed by atoms with Gasteiger partial charge in [0.2, 0.25) is 0 Å². The van der Waals surface area contributed by atoms with Crippen molar-refractivity contribution in [1.82, 2.24) is 0 Å². The normalized spacial score (nSPS) is 11.1. The van der Waals surface area contributed by atoms with Gasteiger partial charge in [0.1, 0.15) is 0 Å². The maximum atomic E-state index is 11.8. The minimum absolute atomic E-state index is 0.312. The Hall–Kier alpha value is -0.760.